The molecule has 3 aromatic carbocycles. The molecule has 0 N–H and O–H groups in total. The zero-order valence-electron chi connectivity index (χ0n) is 15.3. The quantitative estimate of drug-likeness (QED) is 0.549. The predicted octanol–water partition coefficient (Wildman–Crippen LogP) is 4.25. The Balaban J connectivity index is 1.55. The van der Waals surface area contributed by atoms with Crippen LogP contribution in [0.4, 0.5) is 0 Å². The second kappa shape index (κ2) is 7.03. The summed E-state index contributed by atoms with van der Waals surface area (Å²) in [5.74, 6) is 0.00797. The first-order chi connectivity index (χ1) is 13.1. The van der Waals surface area contributed by atoms with Crippen molar-refractivity contribution in [3.05, 3.63) is 90.5 Å². The Bertz CT molecular complexity index is 1070. The van der Waals surface area contributed by atoms with Gasteiger partial charge < -0.3 is 4.90 Å². The van der Waals surface area contributed by atoms with Gasteiger partial charge in [0.15, 0.2) is 0 Å². The van der Waals surface area contributed by atoms with Gasteiger partial charge in [-0.2, -0.15) is 5.10 Å². The van der Waals surface area contributed by atoms with Gasteiger partial charge in [-0.1, -0.05) is 42.5 Å². The molecule has 0 fully saturated rings. The van der Waals surface area contributed by atoms with Crippen LogP contribution in [0, 0.1) is 0 Å². The van der Waals surface area contributed by atoms with Crippen LogP contribution in [0.3, 0.4) is 0 Å². The Labute approximate surface area is 157 Å². The largest absolute Gasteiger partial charge is 0.335 e. The van der Waals surface area contributed by atoms with E-state index in [-0.39, 0.29) is 11.9 Å². The molecule has 1 aromatic heterocycles. The molecule has 27 heavy (non-hydrogen) atoms. The second-order valence-corrected chi connectivity index (χ2v) is 6.59. The molecule has 0 spiro atoms. The molecule has 5 heteroatoms. The highest BCUT2D eigenvalue weighted by Crippen LogP contribution is 2.23. The van der Waals surface area contributed by atoms with Crippen molar-refractivity contribution in [2.45, 2.75) is 13.0 Å². The van der Waals surface area contributed by atoms with E-state index < -0.39 is 0 Å². The minimum atomic E-state index is -0.0474. The minimum Gasteiger partial charge on any atom is -0.335 e. The van der Waals surface area contributed by atoms with Crippen LogP contribution >= 0.6 is 0 Å². The number of hydrogen-bond acceptors (Lipinski definition) is 3. The SMILES string of the molecule is CC(c1ccc(-n2cncn2)cc1)N(C)C(=O)c1ccc2ccccc2c1. The van der Waals surface area contributed by atoms with Crippen LogP contribution in [0.1, 0.15) is 28.9 Å². The normalized spacial score (nSPS) is 12.1. The van der Waals surface area contributed by atoms with Crippen LogP contribution in [0.15, 0.2) is 79.4 Å². The lowest BCUT2D eigenvalue weighted by Crippen LogP contribution is -2.29. The molecule has 4 aromatic rings. The van der Waals surface area contributed by atoms with Crippen LogP contribution < -0.4 is 0 Å². The Morgan fingerprint density at radius 2 is 1.74 bits per heavy atom. The summed E-state index contributed by atoms with van der Waals surface area (Å²) in [5, 5.41) is 6.33. The van der Waals surface area contributed by atoms with Gasteiger partial charge in [-0.05, 0) is 47.5 Å². The van der Waals surface area contributed by atoms with E-state index in [1.807, 2.05) is 80.7 Å². The van der Waals surface area contributed by atoms with Crippen molar-refractivity contribution in [3.63, 3.8) is 0 Å². The van der Waals surface area contributed by atoms with E-state index in [1.54, 1.807) is 15.9 Å². The molecule has 1 heterocycles. The van der Waals surface area contributed by atoms with Crippen LogP contribution in [-0.4, -0.2) is 32.6 Å². The molecule has 0 aliphatic heterocycles. The van der Waals surface area contributed by atoms with Crippen LogP contribution in [0.2, 0.25) is 0 Å². The van der Waals surface area contributed by atoms with Gasteiger partial charge in [-0.25, -0.2) is 9.67 Å². The van der Waals surface area contributed by atoms with Gasteiger partial charge >= 0.3 is 0 Å². The molecule has 1 amide bonds. The number of fused-ring (bicyclic) bond motifs is 1. The summed E-state index contributed by atoms with van der Waals surface area (Å²) in [6.45, 7) is 2.03. The molecule has 134 valence electrons. The van der Waals surface area contributed by atoms with Crippen molar-refractivity contribution in [1.29, 1.82) is 0 Å². The Kier molecular flexibility index (Phi) is 4.42. The number of hydrogen-bond donors (Lipinski definition) is 0. The van der Waals surface area contributed by atoms with Gasteiger partial charge in [0.05, 0.1) is 11.7 Å². The van der Waals surface area contributed by atoms with Crippen LogP contribution in [-0.2, 0) is 0 Å². The van der Waals surface area contributed by atoms with Crippen molar-refractivity contribution < 1.29 is 4.79 Å². The number of carbonyl (C=O) groups excluding carboxylic acids is 1. The third kappa shape index (κ3) is 3.31. The standard InChI is InChI=1S/C22H20N4O/c1-16(17-9-11-21(12-10-17)26-15-23-14-24-26)25(2)22(27)20-8-7-18-5-3-4-6-19(18)13-20/h3-16H,1-2H3. The summed E-state index contributed by atoms with van der Waals surface area (Å²) in [6.07, 6.45) is 3.17. The minimum absolute atomic E-state index is 0.00797. The fourth-order valence-corrected chi connectivity index (χ4v) is 3.17. The molecule has 1 atom stereocenters. The van der Waals surface area contributed by atoms with Gasteiger partial charge in [0.1, 0.15) is 12.7 Å². The molecule has 1 unspecified atom stereocenters. The monoisotopic (exact) mass is 356 g/mol. The maximum atomic E-state index is 13.0. The maximum absolute atomic E-state index is 13.0. The van der Waals surface area contributed by atoms with E-state index in [0.717, 1.165) is 22.0 Å². The molecule has 0 aliphatic rings. The average Bonchev–Trinajstić information content (AvgIpc) is 3.27. The molecule has 5 nitrogen and oxygen atoms in total. The van der Waals surface area contributed by atoms with Crippen molar-refractivity contribution in [1.82, 2.24) is 19.7 Å². The summed E-state index contributed by atoms with van der Waals surface area (Å²) in [6, 6.07) is 21.9. The number of nitrogens with zero attached hydrogens (tertiary/aromatic N) is 4. The van der Waals surface area contributed by atoms with Gasteiger partial charge in [0, 0.05) is 12.6 Å². The lowest BCUT2D eigenvalue weighted by molar-refractivity contribution is 0.0743. The molecule has 4 rings (SSSR count). The van der Waals surface area contributed by atoms with Crippen LogP contribution in [0.5, 0.6) is 0 Å². The zero-order valence-corrected chi connectivity index (χ0v) is 15.3. The fraction of sp³-hybridized carbons (Fsp3) is 0.136. The Morgan fingerprint density at radius 1 is 1.00 bits per heavy atom. The van der Waals surface area contributed by atoms with Crippen molar-refractivity contribution in [3.8, 4) is 5.69 Å². The molecule has 0 saturated carbocycles. The van der Waals surface area contributed by atoms with E-state index >= 15 is 0 Å². The second-order valence-electron chi connectivity index (χ2n) is 6.59. The molecule has 0 bridgehead atoms. The van der Waals surface area contributed by atoms with Crippen LogP contribution in [0.25, 0.3) is 16.5 Å². The van der Waals surface area contributed by atoms with E-state index in [9.17, 15) is 4.79 Å². The first-order valence-electron chi connectivity index (χ1n) is 8.84. The van der Waals surface area contributed by atoms with E-state index in [2.05, 4.69) is 10.1 Å². The number of benzene rings is 3. The highest BCUT2D eigenvalue weighted by molar-refractivity contribution is 5.98. The lowest BCUT2D eigenvalue weighted by atomic mass is 10.0. The Hall–Kier alpha value is -3.47. The molecule has 0 saturated heterocycles. The van der Waals surface area contributed by atoms with Gasteiger partial charge in [0.2, 0.25) is 0 Å². The number of aromatic nitrogens is 3. The highest BCUT2D eigenvalue weighted by Gasteiger charge is 2.19. The first kappa shape index (κ1) is 17.0. The number of carbonyl (C=O) groups is 1. The molecule has 0 radical (unpaired) electrons. The molecular weight excluding hydrogens is 336 g/mol. The summed E-state index contributed by atoms with van der Waals surface area (Å²) in [7, 11) is 1.84. The van der Waals surface area contributed by atoms with Crippen molar-refractivity contribution in [2.24, 2.45) is 0 Å². The molecular formula is C22H20N4O. The van der Waals surface area contributed by atoms with Gasteiger partial charge in [0.25, 0.3) is 5.91 Å². The summed E-state index contributed by atoms with van der Waals surface area (Å²) in [5.41, 5.74) is 2.70. The van der Waals surface area contributed by atoms with Gasteiger partial charge in [-0.15, -0.1) is 0 Å². The topological polar surface area (TPSA) is 51.0 Å². The first-order valence-corrected chi connectivity index (χ1v) is 8.84. The highest BCUT2D eigenvalue weighted by atomic mass is 16.2. The summed E-state index contributed by atoms with van der Waals surface area (Å²) in [4.78, 5) is 18.7. The van der Waals surface area contributed by atoms with E-state index in [0.29, 0.717) is 5.56 Å². The third-order valence-electron chi connectivity index (χ3n) is 4.96. The van der Waals surface area contributed by atoms with E-state index in [4.69, 9.17) is 0 Å². The number of rotatable bonds is 4. The maximum Gasteiger partial charge on any atom is 0.254 e. The number of amides is 1. The fourth-order valence-electron chi connectivity index (χ4n) is 3.17. The van der Waals surface area contributed by atoms with Crippen molar-refractivity contribution >= 4 is 16.7 Å². The lowest BCUT2D eigenvalue weighted by Gasteiger charge is -2.25. The van der Waals surface area contributed by atoms with Gasteiger partial charge in [-0.3, -0.25) is 4.79 Å². The van der Waals surface area contributed by atoms with Crippen molar-refractivity contribution in [2.75, 3.05) is 7.05 Å². The predicted molar refractivity (Wildman–Crippen MR) is 106 cm³/mol. The average molecular weight is 356 g/mol. The zero-order chi connectivity index (χ0) is 18.8. The Morgan fingerprint density at radius 3 is 2.44 bits per heavy atom. The third-order valence-corrected chi connectivity index (χ3v) is 4.96. The summed E-state index contributed by atoms with van der Waals surface area (Å²) >= 11 is 0. The summed E-state index contributed by atoms with van der Waals surface area (Å²) < 4.78 is 1.71. The van der Waals surface area contributed by atoms with E-state index in [1.165, 1.54) is 6.33 Å². The smallest absolute Gasteiger partial charge is 0.254 e. The molecule has 0 aliphatic carbocycles.